The summed E-state index contributed by atoms with van der Waals surface area (Å²) in [5.41, 5.74) is 1.48. The van der Waals surface area contributed by atoms with Gasteiger partial charge in [-0.1, -0.05) is 0 Å². The average molecular weight is 492 g/mol. The molecule has 2 aromatic rings. The fourth-order valence-corrected chi connectivity index (χ4v) is 4.86. The van der Waals surface area contributed by atoms with Crippen molar-refractivity contribution in [3.05, 3.63) is 46.7 Å². The van der Waals surface area contributed by atoms with Gasteiger partial charge in [0.05, 0.1) is 29.3 Å². The Balaban J connectivity index is 1.69. The molecule has 31 heavy (non-hydrogen) atoms. The molecule has 1 atom stereocenters. The molecule has 3 heterocycles. The Labute approximate surface area is 189 Å². The van der Waals surface area contributed by atoms with Gasteiger partial charge < -0.3 is 15.4 Å². The molecule has 2 fully saturated rings. The minimum atomic E-state index is -0.579. The van der Waals surface area contributed by atoms with Crippen LogP contribution in [0.4, 0.5) is 20.6 Å². The van der Waals surface area contributed by atoms with E-state index in [0.717, 1.165) is 31.6 Å². The van der Waals surface area contributed by atoms with Crippen LogP contribution in [0.1, 0.15) is 45.3 Å². The van der Waals surface area contributed by atoms with Crippen LogP contribution in [-0.4, -0.2) is 46.2 Å². The first-order valence-corrected chi connectivity index (χ1v) is 11.2. The van der Waals surface area contributed by atoms with Gasteiger partial charge in [0.2, 0.25) is 0 Å². The van der Waals surface area contributed by atoms with Gasteiger partial charge in [-0.05, 0) is 80.8 Å². The number of rotatable bonds is 3. The van der Waals surface area contributed by atoms with E-state index in [1.165, 1.54) is 18.5 Å². The lowest BCUT2D eigenvalue weighted by Crippen LogP contribution is -2.64. The molecular weight excluding hydrogens is 465 g/mol. The van der Waals surface area contributed by atoms with Gasteiger partial charge in [-0.15, -0.1) is 0 Å². The SMILES string of the molecule is CC(C)(C)OC(=O)N1CC2(CCNCC2)C1c1ncncc1Nc1ccc(F)cc1Br. The predicted octanol–water partition coefficient (Wildman–Crippen LogP) is 4.78. The lowest BCUT2D eigenvalue weighted by atomic mass is 9.64. The molecule has 1 spiro atoms. The maximum absolute atomic E-state index is 13.5. The van der Waals surface area contributed by atoms with E-state index in [-0.39, 0.29) is 23.4 Å². The molecule has 0 bridgehead atoms. The zero-order valence-corrected chi connectivity index (χ0v) is 19.5. The molecular formula is C22H27BrFN5O2. The Hall–Kier alpha value is -2.26. The summed E-state index contributed by atoms with van der Waals surface area (Å²) in [6, 6.07) is 4.22. The third-order valence-electron chi connectivity index (χ3n) is 5.81. The van der Waals surface area contributed by atoms with Crippen LogP contribution in [0.3, 0.4) is 0 Å². The first-order valence-electron chi connectivity index (χ1n) is 10.4. The molecule has 2 saturated heterocycles. The van der Waals surface area contributed by atoms with E-state index in [1.807, 2.05) is 20.8 Å². The minimum absolute atomic E-state index is 0.0625. The second kappa shape index (κ2) is 8.35. The number of carbonyl (C=O) groups is 1. The van der Waals surface area contributed by atoms with Gasteiger partial charge in [0.15, 0.2) is 0 Å². The van der Waals surface area contributed by atoms with Crippen molar-refractivity contribution < 1.29 is 13.9 Å². The van der Waals surface area contributed by atoms with E-state index in [0.29, 0.717) is 22.4 Å². The molecule has 0 radical (unpaired) electrons. The maximum Gasteiger partial charge on any atom is 0.410 e. The van der Waals surface area contributed by atoms with E-state index >= 15 is 0 Å². The third kappa shape index (κ3) is 4.52. The van der Waals surface area contributed by atoms with Crippen LogP contribution in [0.5, 0.6) is 0 Å². The number of hydrogen-bond acceptors (Lipinski definition) is 6. The Morgan fingerprint density at radius 3 is 2.74 bits per heavy atom. The summed E-state index contributed by atoms with van der Waals surface area (Å²) < 4.78 is 19.8. The molecule has 9 heteroatoms. The lowest BCUT2D eigenvalue weighted by Gasteiger charge is -2.58. The van der Waals surface area contributed by atoms with E-state index in [9.17, 15) is 9.18 Å². The van der Waals surface area contributed by atoms with Crippen molar-refractivity contribution in [1.82, 2.24) is 20.2 Å². The number of piperidine rings is 1. The van der Waals surface area contributed by atoms with Crippen LogP contribution < -0.4 is 10.6 Å². The molecule has 2 N–H and O–H groups in total. The summed E-state index contributed by atoms with van der Waals surface area (Å²) in [5, 5.41) is 6.72. The van der Waals surface area contributed by atoms with Crippen LogP contribution in [0.25, 0.3) is 0 Å². The number of benzene rings is 1. The smallest absolute Gasteiger partial charge is 0.410 e. The Morgan fingerprint density at radius 1 is 1.32 bits per heavy atom. The van der Waals surface area contributed by atoms with Crippen LogP contribution in [0, 0.1) is 11.2 Å². The summed E-state index contributed by atoms with van der Waals surface area (Å²) in [7, 11) is 0. The number of hydrogen-bond donors (Lipinski definition) is 2. The average Bonchev–Trinajstić information content (AvgIpc) is 2.69. The highest BCUT2D eigenvalue weighted by atomic mass is 79.9. The highest BCUT2D eigenvalue weighted by molar-refractivity contribution is 9.10. The number of halogens is 2. The number of ether oxygens (including phenoxy) is 1. The zero-order valence-electron chi connectivity index (χ0n) is 17.9. The molecule has 166 valence electrons. The van der Waals surface area contributed by atoms with Crippen molar-refractivity contribution in [3.63, 3.8) is 0 Å². The molecule has 1 aromatic heterocycles. The Morgan fingerprint density at radius 2 is 2.06 bits per heavy atom. The van der Waals surface area contributed by atoms with Gasteiger partial charge >= 0.3 is 6.09 Å². The number of nitrogens with zero attached hydrogens (tertiary/aromatic N) is 3. The van der Waals surface area contributed by atoms with Crippen molar-refractivity contribution in [2.45, 2.75) is 45.3 Å². The van der Waals surface area contributed by atoms with Crippen molar-refractivity contribution in [2.24, 2.45) is 5.41 Å². The number of aromatic nitrogens is 2. The van der Waals surface area contributed by atoms with Crippen LogP contribution in [-0.2, 0) is 4.74 Å². The quantitative estimate of drug-likeness (QED) is 0.642. The van der Waals surface area contributed by atoms with Gasteiger partial charge in [0.25, 0.3) is 0 Å². The van der Waals surface area contributed by atoms with Gasteiger partial charge in [0.1, 0.15) is 17.7 Å². The Bertz CT molecular complexity index is 975. The van der Waals surface area contributed by atoms with E-state index in [2.05, 4.69) is 36.5 Å². The van der Waals surface area contributed by atoms with E-state index in [1.54, 1.807) is 17.2 Å². The Kier molecular flexibility index (Phi) is 5.91. The zero-order chi connectivity index (χ0) is 22.2. The van der Waals surface area contributed by atoms with E-state index in [4.69, 9.17) is 4.74 Å². The summed E-state index contributed by atoms with van der Waals surface area (Å²) in [4.78, 5) is 23.5. The molecule has 2 aliphatic rings. The number of nitrogens with one attached hydrogen (secondary N) is 2. The summed E-state index contributed by atoms with van der Waals surface area (Å²) in [6.07, 6.45) is 4.74. The molecule has 0 saturated carbocycles. The topological polar surface area (TPSA) is 79.4 Å². The molecule has 1 unspecified atom stereocenters. The normalized spacial score (nSPS) is 20.3. The van der Waals surface area contributed by atoms with Crippen LogP contribution >= 0.6 is 15.9 Å². The van der Waals surface area contributed by atoms with Crippen molar-refractivity contribution in [1.29, 1.82) is 0 Å². The highest BCUT2D eigenvalue weighted by Crippen LogP contribution is 2.55. The summed E-state index contributed by atoms with van der Waals surface area (Å²) in [6.45, 7) is 8.03. The molecule has 2 aliphatic heterocycles. The molecule has 0 aliphatic carbocycles. The van der Waals surface area contributed by atoms with Gasteiger partial charge in [-0.3, -0.25) is 4.90 Å². The molecule has 1 aromatic carbocycles. The monoisotopic (exact) mass is 491 g/mol. The fraction of sp³-hybridized carbons (Fsp3) is 0.500. The van der Waals surface area contributed by atoms with Gasteiger partial charge in [0, 0.05) is 16.4 Å². The van der Waals surface area contributed by atoms with Gasteiger partial charge in [-0.25, -0.2) is 19.2 Å². The lowest BCUT2D eigenvalue weighted by molar-refractivity contribution is -0.0984. The predicted molar refractivity (Wildman–Crippen MR) is 120 cm³/mol. The summed E-state index contributed by atoms with van der Waals surface area (Å²) in [5.74, 6) is -0.328. The van der Waals surface area contributed by atoms with Crippen LogP contribution in [0.2, 0.25) is 0 Å². The van der Waals surface area contributed by atoms with Crippen LogP contribution in [0.15, 0.2) is 35.2 Å². The first kappa shape index (κ1) is 22.0. The molecule has 7 nitrogen and oxygen atoms in total. The maximum atomic E-state index is 13.5. The third-order valence-corrected chi connectivity index (χ3v) is 6.46. The summed E-state index contributed by atoms with van der Waals surface area (Å²) >= 11 is 3.40. The van der Waals surface area contributed by atoms with Crippen molar-refractivity contribution in [3.8, 4) is 0 Å². The second-order valence-electron chi connectivity index (χ2n) is 9.19. The first-order chi connectivity index (χ1) is 14.7. The van der Waals surface area contributed by atoms with Gasteiger partial charge in [-0.2, -0.15) is 0 Å². The number of anilines is 2. The van der Waals surface area contributed by atoms with Crippen molar-refractivity contribution in [2.75, 3.05) is 25.0 Å². The molecule has 1 amide bonds. The highest BCUT2D eigenvalue weighted by Gasteiger charge is 2.57. The fourth-order valence-electron chi connectivity index (χ4n) is 4.41. The number of likely N-dealkylation sites (tertiary alicyclic amines) is 1. The number of amides is 1. The molecule has 4 rings (SSSR count). The van der Waals surface area contributed by atoms with Crippen molar-refractivity contribution >= 4 is 33.4 Å². The van der Waals surface area contributed by atoms with E-state index < -0.39 is 5.60 Å². The number of carbonyl (C=O) groups excluding carboxylic acids is 1. The standard InChI is InChI=1S/C22H27BrFN5O2/c1-21(2,3)31-20(30)29-12-22(6-8-25-9-7-22)19(29)18-17(11-26-13-27-18)28-16-5-4-14(24)10-15(16)23/h4-5,10-11,13,19,25,28H,6-9,12H2,1-3H3. The largest absolute Gasteiger partial charge is 0.444 e. The minimum Gasteiger partial charge on any atom is -0.444 e. The second-order valence-corrected chi connectivity index (χ2v) is 10.0.